The summed E-state index contributed by atoms with van der Waals surface area (Å²) in [7, 11) is 0. The van der Waals surface area contributed by atoms with Gasteiger partial charge in [0.05, 0.1) is 11.1 Å². The van der Waals surface area contributed by atoms with Crippen LogP contribution in [0.15, 0.2) is 54.6 Å². The van der Waals surface area contributed by atoms with Crippen LogP contribution in [0.5, 0.6) is 17.4 Å². The summed E-state index contributed by atoms with van der Waals surface area (Å²) in [6, 6.07) is 17.2. The maximum Gasteiger partial charge on any atom is 0.265 e. The van der Waals surface area contributed by atoms with Crippen molar-refractivity contribution in [2.24, 2.45) is 0 Å². The molecule has 1 unspecified atom stereocenters. The lowest BCUT2D eigenvalue weighted by atomic mass is 10.0. The number of carbonyl (C=O) groups excluding carboxylic acids is 1. The second kappa shape index (κ2) is 9.05. The van der Waals surface area contributed by atoms with Crippen LogP contribution in [0.1, 0.15) is 19.5 Å². The Bertz CT molecular complexity index is 1350. The molecule has 5 rings (SSSR count). The Morgan fingerprint density at radius 3 is 2.65 bits per heavy atom. The smallest absolute Gasteiger partial charge is 0.265 e. The van der Waals surface area contributed by atoms with Crippen molar-refractivity contribution in [2.75, 3.05) is 18.5 Å². The van der Waals surface area contributed by atoms with E-state index in [2.05, 4.69) is 10.4 Å². The Hall–Kier alpha value is -4.07. The third kappa shape index (κ3) is 4.14. The minimum Gasteiger partial charge on any atom is -0.486 e. The molecule has 0 aliphatic carbocycles. The van der Waals surface area contributed by atoms with Gasteiger partial charge < -0.3 is 19.5 Å². The first kappa shape index (κ1) is 21.8. The average molecular weight is 459 g/mol. The van der Waals surface area contributed by atoms with Gasteiger partial charge in [0.15, 0.2) is 23.3 Å². The predicted octanol–water partition coefficient (Wildman–Crippen LogP) is 4.60. The Morgan fingerprint density at radius 1 is 1.12 bits per heavy atom. The lowest BCUT2D eigenvalue weighted by Gasteiger charge is -2.20. The number of amides is 1. The fourth-order valence-corrected chi connectivity index (χ4v) is 4.06. The molecule has 1 aliphatic heterocycles. The van der Waals surface area contributed by atoms with Crippen molar-refractivity contribution >= 4 is 22.6 Å². The number of nitrogens with zero attached hydrogens (tertiary/aromatic N) is 3. The van der Waals surface area contributed by atoms with Crippen LogP contribution in [0.2, 0.25) is 0 Å². The molecule has 4 aromatic rings. The highest BCUT2D eigenvalue weighted by molar-refractivity contribution is 5.96. The largest absolute Gasteiger partial charge is 0.486 e. The average Bonchev–Trinajstić information content (AvgIpc) is 3.19. The first-order valence-electron chi connectivity index (χ1n) is 11.3. The van der Waals surface area contributed by atoms with Crippen molar-refractivity contribution in [3.05, 3.63) is 60.3 Å². The van der Waals surface area contributed by atoms with Gasteiger partial charge in [-0.2, -0.15) is 10.1 Å². The van der Waals surface area contributed by atoms with Crippen LogP contribution in [-0.4, -0.2) is 40.0 Å². The Balaban J connectivity index is 1.42. The van der Waals surface area contributed by atoms with Crippen LogP contribution >= 0.6 is 0 Å². The third-order valence-electron chi connectivity index (χ3n) is 5.71. The van der Waals surface area contributed by atoms with E-state index < -0.39 is 6.10 Å². The Labute approximate surface area is 197 Å². The number of hydrogen-bond donors (Lipinski definition) is 1. The zero-order chi connectivity index (χ0) is 23.7. The van der Waals surface area contributed by atoms with Crippen molar-refractivity contribution < 1.29 is 19.0 Å². The number of fused-ring (bicyclic) bond motifs is 2. The van der Waals surface area contributed by atoms with E-state index in [1.54, 1.807) is 25.1 Å². The van der Waals surface area contributed by atoms with E-state index in [9.17, 15) is 4.79 Å². The third-order valence-corrected chi connectivity index (χ3v) is 5.71. The summed E-state index contributed by atoms with van der Waals surface area (Å²) in [6.45, 7) is 7.37. The van der Waals surface area contributed by atoms with Gasteiger partial charge in [-0.15, -0.1) is 0 Å². The van der Waals surface area contributed by atoms with E-state index in [0.717, 1.165) is 27.9 Å². The quantitative estimate of drug-likeness (QED) is 0.454. The van der Waals surface area contributed by atoms with E-state index >= 15 is 0 Å². The van der Waals surface area contributed by atoms with Crippen molar-refractivity contribution in [1.82, 2.24) is 14.8 Å². The normalized spacial score (nSPS) is 13.5. The molecular formula is C26H26N4O4. The van der Waals surface area contributed by atoms with Gasteiger partial charge in [0.1, 0.15) is 13.2 Å². The molecule has 2 aromatic heterocycles. The lowest BCUT2D eigenvalue weighted by Crippen LogP contribution is -2.30. The number of ether oxygens (including phenoxy) is 3. The summed E-state index contributed by atoms with van der Waals surface area (Å²) in [6.07, 6.45) is -0.777. The minimum atomic E-state index is -0.777. The van der Waals surface area contributed by atoms with Gasteiger partial charge in [0, 0.05) is 24.4 Å². The molecule has 0 spiro atoms. The molecule has 0 saturated heterocycles. The van der Waals surface area contributed by atoms with Crippen molar-refractivity contribution in [3.8, 4) is 28.5 Å². The Morgan fingerprint density at radius 2 is 1.88 bits per heavy atom. The molecule has 0 fully saturated rings. The minimum absolute atomic E-state index is 0.292. The number of aryl methyl sites for hydroxylation is 2. The first-order valence-corrected chi connectivity index (χ1v) is 11.3. The van der Waals surface area contributed by atoms with E-state index in [-0.39, 0.29) is 5.91 Å². The van der Waals surface area contributed by atoms with Crippen molar-refractivity contribution in [3.63, 3.8) is 0 Å². The standard InChI is InChI=1S/C26H26N4O4/c1-4-30-25-24(16(2)29-30)20(18-8-6-5-7-9-18)15-23(28-25)34-17(3)26(31)27-19-10-11-21-22(14-19)33-13-12-32-21/h5-11,14-15,17H,4,12-13H2,1-3H3,(H,27,31). The molecule has 1 N–H and O–H groups in total. The fraction of sp³-hybridized carbons (Fsp3) is 0.269. The molecule has 34 heavy (non-hydrogen) atoms. The molecule has 0 radical (unpaired) electrons. The summed E-state index contributed by atoms with van der Waals surface area (Å²) in [5.41, 5.74) is 4.25. The molecule has 0 saturated carbocycles. The first-order chi connectivity index (χ1) is 16.5. The zero-order valence-corrected chi connectivity index (χ0v) is 19.4. The molecule has 1 atom stereocenters. The number of carbonyl (C=O) groups is 1. The van der Waals surface area contributed by atoms with Crippen LogP contribution in [0.4, 0.5) is 5.69 Å². The number of nitrogens with one attached hydrogen (secondary N) is 1. The number of anilines is 1. The van der Waals surface area contributed by atoms with E-state index in [4.69, 9.17) is 19.2 Å². The van der Waals surface area contributed by atoms with E-state index in [0.29, 0.717) is 42.8 Å². The van der Waals surface area contributed by atoms with E-state index in [1.807, 2.05) is 54.9 Å². The number of pyridine rings is 1. The molecular weight excluding hydrogens is 432 g/mol. The molecule has 2 aromatic carbocycles. The summed E-state index contributed by atoms with van der Waals surface area (Å²) in [5, 5.41) is 8.50. The van der Waals surface area contributed by atoms with Gasteiger partial charge in [-0.1, -0.05) is 30.3 Å². The van der Waals surface area contributed by atoms with Gasteiger partial charge in [0.2, 0.25) is 5.88 Å². The monoisotopic (exact) mass is 458 g/mol. The molecule has 174 valence electrons. The number of benzene rings is 2. The van der Waals surface area contributed by atoms with E-state index in [1.165, 1.54) is 0 Å². The van der Waals surface area contributed by atoms with Gasteiger partial charge in [-0.25, -0.2) is 4.68 Å². The number of hydrogen-bond acceptors (Lipinski definition) is 6. The number of aromatic nitrogens is 3. The van der Waals surface area contributed by atoms with Gasteiger partial charge in [0.25, 0.3) is 5.91 Å². The second-order valence-electron chi connectivity index (χ2n) is 8.08. The SMILES string of the molecule is CCn1nc(C)c2c(-c3ccccc3)cc(OC(C)C(=O)Nc3ccc4c(c3)OCCO4)nc21. The highest BCUT2D eigenvalue weighted by Crippen LogP contribution is 2.34. The van der Waals surface area contributed by atoms with Crippen LogP contribution < -0.4 is 19.5 Å². The van der Waals surface area contributed by atoms with Gasteiger partial charge >= 0.3 is 0 Å². The fourth-order valence-electron chi connectivity index (χ4n) is 4.06. The molecule has 8 heteroatoms. The number of rotatable bonds is 6. The topological polar surface area (TPSA) is 87.5 Å². The Kier molecular flexibility index (Phi) is 5.79. The van der Waals surface area contributed by atoms with Crippen LogP contribution in [0, 0.1) is 6.92 Å². The van der Waals surface area contributed by atoms with Gasteiger partial charge in [-0.3, -0.25) is 4.79 Å². The molecule has 0 bridgehead atoms. The van der Waals surface area contributed by atoms with Crippen LogP contribution in [-0.2, 0) is 11.3 Å². The van der Waals surface area contributed by atoms with Gasteiger partial charge in [-0.05, 0) is 44.0 Å². The second-order valence-corrected chi connectivity index (χ2v) is 8.08. The maximum absolute atomic E-state index is 12.9. The van der Waals surface area contributed by atoms with Crippen LogP contribution in [0.25, 0.3) is 22.2 Å². The molecule has 3 heterocycles. The lowest BCUT2D eigenvalue weighted by molar-refractivity contribution is -0.122. The molecule has 8 nitrogen and oxygen atoms in total. The highest BCUT2D eigenvalue weighted by Gasteiger charge is 2.21. The summed E-state index contributed by atoms with van der Waals surface area (Å²) in [5.74, 6) is 1.36. The zero-order valence-electron chi connectivity index (χ0n) is 19.4. The summed E-state index contributed by atoms with van der Waals surface area (Å²) < 4.78 is 19.0. The summed E-state index contributed by atoms with van der Waals surface area (Å²) >= 11 is 0. The van der Waals surface area contributed by atoms with Crippen molar-refractivity contribution in [1.29, 1.82) is 0 Å². The predicted molar refractivity (Wildman–Crippen MR) is 130 cm³/mol. The molecule has 1 aliphatic rings. The molecule has 1 amide bonds. The highest BCUT2D eigenvalue weighted by atomic mass is 16.6. The van der Waals surface area contributed by atoms with Crippen LogP contribution in [0.3, 0.4) is 0 Å². The maximum atomic E-state index is 12.9. The summed E-state index contributed by atoms with van der Waals surface area (Å²) in [4.78, 5) is 17.6. The van der Waals surface area contributed by atoms with Crippen molar-refractivity contribution in [2.45, 2.75) is 33.4 Å².